The van der Waals surface area contributed by atoms with E-state index < -0.39 is 0 Å². The Morgan fingerprint density at radius 3 is 2.57 bits per heavy atom. The molecule has 28 heavy (non-hydrogen) atoms. The summed E-state index contributed by atoms with van der Waals surface area (Å²) in [6, 6.07) is 18.3. The molecular weight excluding hydrogens is 351 g/mol. The summed E-state index contributed by atoms with van der Waals surface area (Å²) in [6.45, 7) is 7.36. The van der Waals surface area contributed by atoms with Gasteiger partial charge in [-0.1, -0.05) is 37.3 Å². The molecule has 0 radical (unpaired) electrons. The van der Waals surface area contributed by atoms with Gasteiger partial charge >= 0.3 is 0 Å². The van der Waals surface area contributed by atoms with Gasteiger partial charge in [0.2, 0.25) is 0 Å². The van der Waals surface area contributed by atoms with Crippen molar-refractivity contribution in [2.24, 2.45) is 0 Å². The summed E-state index contributed by atoms with van der Waals surface area (Å²) < 4.78 is 15.5. The fraction of sp³-hybridized carbons (Fsp3) is 0.208. The zero-order valence-corrected chi connectivity index (χ0v) is 16.1. The first kappa shape index (κ1) is 19.6. The fourth-order valence-corrected chi connectivity index (χ4v) is 3.22. The van der Waals surface area contributed by atoms with E-state index >= 15 is 0 Å². The maximum absolute atomic E-state index is 13.5. The van der Waals surface area contributed by atoms with Gasteiger partial charge in [0.05, 0.1) is 6.54 Å². The number of rotatable bonds is 8. The van der Waals surface area contributed by atoms with E-state index in [1.54, 1.807) is 17.0 Å². The molecule has 4 heteroatoms. The van der Waals surface area contributed by atoms with Gasteiger partial charge in [0.25, 0.3) is 5.91 Å². The molecule has 0 spiro atoms. The molecule has 1 aromatic heterocycles. The van der Waals surface area contributed by atoms with Crippen molar-refractivity contribution in [1.29, 1.82) is 0 Å². The van der Waals surface area contributed by atoms with Crippen LogP contribution in [0.1, 0.15) is 34.1 Å². The molecule has 0 aliphatic heterocycles. The Morgan fingerprint density at radius 2 is 1.89 bits per heavy atom. The van der Waals surface area contributed by atoms with Gasteiger partial charge in [-0.15, -0.1) is 6.58 Å². The van der Waals surface area contributed by atoms with Gasteiger partial charge in [0, 0.05) is 30.5 Å². The Hall–Kier alpha value is -3.14. The van der Waals surface area contributed by atoms with Gasteiger partial charge in [-0.3, -0.25) is 4.79 Å². The Bertz CT molecular complexity index is 943. The van der Waals surface area contributed by atoms with Crippen LogP contribution in [0.25, 0.3) is 0 Å². The topological polar surface area (TPSA) is 25.2 Å². The standard InChI is InChI=1S/C24H25FN2O/c1-3-14-27(24(28)21-12-10-19(4-2)11-13-21)18-23-9-6-15-26(23)17-20-7-5-8-22(25)16-20/h3,5-13,15-16H,1,4,14,17-18H2,2H3. The van der Waals surface area contributed by atoms with Crippen molar-refractivity contribution in [2.75, 3.05) is 6.54 Å². The molecular formula is C24H25FN2O. The summed E-state index contributed by atoms with van der Waals surface area (Å²) >= 11 is 0. The summed E-state index contributed by atoms with van der Waals surface area (Å²) in [4.78, 5) is 14.8. The largest absolute Gasteiger partial charge is 0.345 e. The molecule has 3 nitrogen and oxygen atoms in total. The van der Waals surface area contributed by atoms with Crippen LogP contribution in [0.2, 0.25) is 0 Å². The highest BCUT2D eigenvalue weighted by Gasteiger charge is 2.16. The lowest BCUT2D eigenvalue weighted by Gasteiger charge is -2.22. The van der Waals surface area contributed by atoms with Crippen molar-refractivity contribution in [2.45, 2.75) is 26.4 Å². The second-order valence-electron chi connectivity index (χ2n) is 6.78. The number of benzene rings is 2. The SMILES string of the molecule is C=CCN(Cc1cccn1Cc1cccc(F)c1)C(=O)c1ccc(CC)cc1. The number of amides is 1. The monoisotopic (exact) mass is 376 g/mol. The van der Waals surface area contributed by atoms with Gasteiger partial charge < -0.3 is 9.47 Å². The number of aromatic nitrogens is 1. The third kappa shape index (κ3) is 4.77. The van der Waals surface area contributed by atoms with Crippen LogP contribution < -0.4 is 0 Å². The van der Waals surface area contributed by atoms with Crippen LogP contribution in [-0.2, 0) is 19.5 Å². The number of nitrogens with zero attached hydrogens (tertiary/aromatic N) is 2. The van der Waals surface area contributed by atoms with Crippen LogP contribution in [0.5, 0.6) is 0 Å². The summed E-state index contributed by atoms with van der Waals surface area (Å²) in [5, 5.41) is 0. The van der Waals surface area contributed by atoms with Gasteiger partial charge in [-0.05, 0) is 53.9 Å². The van der Waals surface area contributed by atoms with E-state index in [9.17, 15) is 9.18 Å². The van der Waals surface area contributed by atoms with Crippen molar-refractivity contribution in [3.05, 3.63) is 108 Å². The highest BCUT2D eigenvalue weighted by atomic mass is 19.1. The van der Waals surface area contributed by atoms with E-state index in [1.165, 1.54) is 17.7 Å². The third-order valence-corrected chi connectivity index (χ3v) is 4.76. The second kappa shape index (κ2) is 9.18. The zero-order valence-electron chi connectivity index (χ0n) is 16.1. The molecule has 0 N–H and O–H groups in total. The van der Waals surface area contributed by atoms with Crippen LogP contribution >= 0.6 is 0 Å². The molecule has 1 amide bonds. The van der Waals surface area contributed by atoms with Crippen molar-refractivity contribution in [1.82, 2.24) is 9.47 Å². The average Bonchev–Trinajstić information content (AvgIpc) is 3.14. The number of hydrogen-bond donors (Lipinski definition) is 0. The predicted octanol–water partition coefficient (Wildman–Crippen LogP) is 5.07. The van der Waals surface area contributed by atoms with E-state index in [4.69, 9.17) is 0 Å². The molecule has 0 unspecified atom stereocenters. The molecule has 0 saturated carbocycles. The fourth-order valence-electron chi connectivity index (χ4n) is 3.22. The molecule has 3 rings (SSSR count). The van der Waals surface area contributed by atoms with Crippen molar-refractivity contribution >= 4 is 5.91 Å². The molecule has 0 atom stereocenters. The van der Waals surface area contributed by atoms with Crippen LogP contribution in [0.4, 0.5) is 4.39 Å². The highest BCUT2D eigenvalue weighted by molar-refractivity contribution is 5.94. The second-order valence-corrected chi connectivity index (χ2v) is 6.78. The van der Waals surface area contributed by atoms with Crippen molar-refractivity contribution in [3.63, 3.8) is 0 Å². The van der Waals surface area contributed by atoms with Crippen molar-refractivity contribution < 1.29 is 9.18 Å². The van der Waals surface area contributed by atoms with Gasteiger partial charge in [-0.25, -0.2) is 4.39 Å². The molecule has 3 aromatic rings. The number of hydrogen-bond acceptors (Lipinski definition) is 1. The van der Waals surface area contributed by atoms with E-state index in [1.807, 2.05) is 53.2 Å². The number of aryl methyl sites for hydroxylation is 1. The Labute approximate surface area is 165 Å². The third-order valence-electron chi connectivity index (χ3n) is 4.76. The van der Waals surface area contributed by atoms with E-state index in [-0.39, 0.29) is 11.7 Å². The predicted molar refractivity (Wildman–Crippen MR) is 111 cm³/mol. The minimum absolute atomic E-state index is 0.0268. The quantitative estimate of drug-likeness (QED) is 0.504. The lowest BCUT2D eigenvalue weighted by molar-refractivity contribution is 0.0759. The Balaban J connectivity index is 1.78. The van der Waals surface area contributed by atoms with Crippen LogP contribution in [0, 0.1) is 5.82 Å². The molecule has 0 aliphatic rings. The zero-order chi connectivity index (χ0) is 19.9. The average molecular weight is 376 g/mol. The molecule has 0 saturated heterocycles. The molecule has 0 bridgehead atoms. The first-order valence-electron chi connectivity index (χ1n) is 9.48. The lowest BCUT2D eigenvalue weighted by Crippen LogP contribution is -2.31. The van der Waals surface area contributed by atoms with E-state index in [2.05, 4.69) is 13.5 Å². The molecule has 0 fully saturated rings. The minimum atomic E-state index is -0.245. The molecule has 2 aromatic carbocycles. The minimum Gasteiger partial charge on any atom is -0.345 e. The number of carbonyl (C=O) groups excluding carboxylic acids is 1. The molecule has 1 heterocycles. The summed E-state index contributed by atoms with van der Waals surface area (Å²) in [5.74, 6) is -0.272. The number of carbonyl (C=O) groups is 1. The van der Waals surface area contributed by atoms with Crippen LogP contribution in [0.3, 0.4) is 0 Å². The van der Waals surface area contributed by atoms with Gasteiger partial charge in [0.1, 0.15) is 5.82 Å². The first-order chi connectivity index (χ1) is 13.6. The summed E-state index contributed by atoms with van der Waals surface area (Å²) in [6.07, 6.45) is 4.63. The molecule has 0 aliphatic carbocycles. The van der Waals surface area contributed by atoms with Crippen LogP contribution in [0.15, 0.2) is 79.5 Å². The number of halogens is 1. The van der Waals surface area contributed by atoms with Crippen molar-refractivity contribution in [3.8, 4) is 0 Å². The van der Waals surface area contributed by atoms with Crippen LogP contribution in [-0.4, -0.2) is 21.9 Å². The van der Waals surface area contributed by atoms with Gasteiger partial charge in [0.15, 0.2) is 0 Å². The lowest BCUT2D eigenvalue weighted by atomic mass is 10.1. The normalized spacial score (nSPS) is 10.6. The van der Waals surface area contributed by atoms with E-state index in [0.717, 1.165) is 17.7 Å². The molecule has 144 valence electrons. The first-order valence-corrected chi connectivity index (χ1v) is 9.48. The Morgan fingerprint density at radius 1 is 1.11 bits per heavy atom. The Kier molecular flexibility index (Phi) is 6.43. The maximum atomic E-state index is 13.5. The summed E-state index contributed by atoms with van der Waals surface area (Å²) in [7, 11) is 0. The smallest absolute Gasteiger partial charge is 0.254 e. The maximum Gasteiger partial charge on any atom is 0.254 e. The van der Waals surface area contributed by atoms with E-state index in [0.29, 0.717) is 25.2 Å². The summed E-state index contributed by atoms with van der Waals surface area (Å²) in [5.41, 5.74) is 3.75. The van der Waals surface area contributed by atoms with Gasteiger partial charge in [-0.2, -0.15) is 0 Å². The highest BCUT2D eigenvalue weighted by Crippen LogP contribution is 2.15.